The van der Waals surface area contributed by atoms with Crippen LogP contribution < -0.4 is 15.8 Å². The van der Waals surface area contributed by atoms with Crippen LogP contribution in [0.2, 0.25) is 0 Å². The van der Waals surface area contributed by atoms with E-state index in [9.17, 15) is 9.59 Å². The molecule has 2 N–H and O–H groups in total. The molecule has 0 aliphatic rings. The van der Waals surface area contributed by atoms with Gasteiger partial charge in [-0.05, 0) is 44.5 Å². The van der Waals surface area contributed by atoms with Crippen LogP contribution >= 0.6 is 0 Å². The van der Waals surface area contributed by atoms with E-state index in [1.165, 1.54) is 0 Å². The molecular weight excluding hydrogens is 306 g/mol. The van der Waals surface area contributed by atoms with Gasteiger partial charge < -0.3 is 10.1 Å². The number of nitrogens with zero attached hydrogens (tertiary/aromatic N) is 1. The molecule has 6 heteroatoms. The second-order valence-corrected chi connectivity index (χ2v) is 5.26. The minimum absolute atomic E-state index is 0.211. The van der Waals surface area contributed by atoms with E-state index in [-0.39, 0.29) is 6.61 Å². The Labute approximate surface area is 141 Å². The number of aryl methyl sites for hydroxylation is 2. The number of nitrogens with one attached hydrogen (secondary N) is 2. The number of amides is 3. The van der Waals surface area contributed by atoms with Crippen LogP contribution in [-0.2, 0) is 4.74 Å². The van der Waals surface area contributed by atoms with Gasteiger partial charge in [0.05, 0.1) is 12.3 Å². The van der Waals surface area contributed by atoms with Crippen LogP contribution in [0.25, 0.3) is 0 Å². The number of urea groups is 1. The average molecular weight is 327 g/mol. The van der Waals surface area contributed by atoms with Crippen molar-refractivity contribution in [3.05, 3.63) is 59.7 Å². The molecule has 24 heavy (non-hydrogen) atoms. The van der Waals surface area contributed by atoms with Gasteiger partial charge in [-0.25, -0.2) is 15.0 Å². The first-order valence-electron chi connectivity index (χ1n) is 7.68. The normalized spacial score (nSPS) is 9.96. The molecule has 0 aliphatic heterocycles. The largest absolute Gasteiger partial charge is 0.448 e. The SMILES string of the molecule is CCOC(=O)N(NC(=O)Nc1ccccc1)c1ccc(C)cc1C. The minimum atomic E-state index is -0.646. The molecule has 126 valence electrons. The van der Waals surface area contributed by atoms with Crippen molar-refractivity contribution in [3.8, 4) is 0 Å². The van der Waals surface area contributed by atoms with E-state index >= 15 is 0 Å². The number of ether oxygens (including phenoxy) is 1. The van der Waals surface area contributed by atoms with E-state index in [0.29, 0.717) is 11.4 Å². The van der Waals surface area contributed by atoms with Crippen LogP contribution in [0.5, 0.6) is 0 Å². The summed E-state index contributed by atoms with van der Waals surface area (Å²) in [7, 11) is 0. The summed E-state index contributed by atoms with van der Waals surface area (Å²) in [6.45, 7) is 5.75. The lowest BCUT2D eigenvalue weighted by Gasteiger charge is -2.24. The number of para-hydroxylation sites is 1. The summed E-state index contributed by atoms with van der Waals surface area (Å²) in [4.78, 5) is 24.4. The molecule has 3 amide bonds. The third-order valence-electron chi connectivity index (χ3n) is 3.29. The lowest BCUT2D eigenvalue weighted by Crippen LogP contribution is -2.48. The summed E-state index contributed by atoms with van der Waals surface area (Å²) in [5, 5.41) is 3.78. The van der Waals surface area contributed by atoms with Crippen LogP contribution in [0.4, 0.5) is 21.0 Å². The highest BCUT2D eigenvalue weighted by molar-refractivity contribution is 5.97. The van der Waals surface area contributed by atoms with Gasteiger partial charge in [0.15, 0.2) is 0 Å². The van der Waals surface area contributed by atoms with E-state index in [0.717, 1.165) is 16.1 Å². The number of benzene rings is 2. The van der Waals surface area contributed by atoms with Crippen LogP contribution in [-0.4, -0.2) is 18.7 Å². The Balaban J connectivity index is 2.20. The molecule has 0 aliphatic carbocycles. The third kappa shape index (κ3) is 4.49. The maximum atomic E-state index is 12.2. The monoisotopic (exact) mass is 327 g/mol. The maximum absolute atomic E-state index is 12.2. The van der Waals surface area contributed by atoms with Gasteiger partial charge in [-0.1, -0.05) is 35.9 Å². The van der Waals surface area contributed by atoms with Crippen LogP contribution in [0.15, 0.2) is 48.5 Å². The standard InChI is InChI=1S/C18H21N3O3/c1-4-24-18(23)21(16-11-10-13(2)12-14(16)3)20-17(22)19-15-8-6-5-7-9-15/h5-12H,4H2,1-3H3,(H2,19,20,22). The zero-order valence-corrected chi connectivity index (χ0v) is 14.0. The van der Waals surface area contributed by atoms with Crippen LogP contribution in [0.1, 0.15) is 18.1 Å². The van der Waals surface area contributed by atoms with E-state index in [1.807, 2.05) is 44.2 Å². The summed E-state index contributed by atoms with van der Waals surface area (Å²) >= 11 is 0. The molecule has 0 saturated carbocycles. The Kier molecular flexibility index (Phi) is 5.78. The van der Waals surface area contributed by atoms with Crippen molar-refractivity contribution in [1.82, 2.24) is 5.43 Å². The maximum Gasteiger partial charge on any atom is 0.433 e. The van der Waals surface area contributed by atoms with Crippen LogP contribution in [0.3, 0.4) is 0 Å². The van der Waals surface area contributed by atoms with Gasteiger partial charge >= 0.3 is 12.1 Å². The molecule has 2 aromatic carbocycles. The Hall–Kier alpha value is -3.02. The van der Waals surface area contributed by atoms with Gasteiger partial charge in [-0.3, -0.25) is 0 Å². The molecule has 2 aromatic rings. The van der Waals surface area contributed by atoms with E-state index in [1.54, 1.807) is 25.1 Å². The highest BCUT2D eigenvalue weighted by atomic mass is 16.6. The summed E-state index contributed by atoms with van der Waals surface area (Å²) in [5.41, 5.74) is 5.63. The van der Waals surface area contributed by atoms with Crippen molar-refractivity contribution in [1.29, 1.82) is 0 Å². The predicted molar refractivity (Wildman–Crippen MR) is 94.0 cm³/mol. The van der Waals surface area contributed by atoms with Crippen molar-refractivity contribution in [2.75, 3.05) is 16.9 Å². The Morgan fingerprint density at radius 3 is 2.42 bits per heavy atom. The number of carbonyl (C=O) groups is 2. The van der Waals surface area contributed by atoms with Crippen LogP contribution in [0, 0.1) is 13.8 Å². The summed E-state index contributed by atoms with van der Waals surface area (Å²) in [5.74, 6) is 0. The fraction of sp³-hybridized carbons (Fsp3) is 0.222. The van der Waals surface area contributed by atoms with Crippen molar-refractivity contribution < 1.29 is 14.3 Å². The molecule has 6 nitrogen and oxygen atoms in total. The average Bonchev–Trinajstić information content (AvgIpc) is 2.54. The third-order valence-corrected chi connectivity index (χ3v) is 3.29. The zero-order valence-electron chi connectivity index (χ0n) is 14.0. The van der Waals surface area contributed by atoms with Crippen molar-refractivity contribution in [2.45, 2.75) is 20.8 Å². The first kappa shape index (κ1) is 17.3. The molecule has 0 spiro atoms. The fourth-order valence-electron chi connectivity index (χ4n) is 2.23. The molecule has 0 atom stereocenters. The quantitative estimate of drug-likeness (QED) is 0.837. The van der Waals surface area contributed by atoms with Crippen molar-refractivity contribution in [3.63, 3.8) is 0 Å². The lowest BCUT2D eigenvalue weighted by atomic mass is 10.1. The first-order chi connectivity index (χ1) is 11.5. The van der Waals surface area contributed by atoms with Gasteiger partial charge in [-0.2, -0.15) is 5.01 Å². The molecule has 0 saturated heterocycles. The second kappa shape index (κ2) is 8.01. The molecule has 0 bridgehead atoms. The lowest BCUT2D eigenvalue weighted by molar-refractivity contribution is 0.156. The van der Waals surface area contributed by atoms with E-state index < -0.39 is 12.1 Å². The van der Waals surface area contributed by atoms with E-state index in [4.69, 9.17) is 4.74 Å². The number of hydrogen-bond donors (Lipinski definition) is 2. The number of carbonyl (C=O) groups excluding carboxylic acids is 2. The smallest absolute Gasteiger partial charge is 0.433 e. The Morgan fingerprint density at radius 1 is 1.08 bits per heavy atom. The summed E-state index contributed by atoms with van der Waals surface area (Å²) in [6, 6.07) is 14.0. The predicted octanol–water partition coefficient (Wildman–Crippen LogP) is 4.00. The summed E-state index contributed by atoms with van der Waals surface area (Å²) in [6.07, 6.45) is -0.646. The Bertz CT molecular complexity index is 717. The Morgan fingerprint density at radius 2 is 1.79 bits per heavy atom. The molecule has 0 unspecified atom stereocenters. The number of anilines is 2. The van der Waals surface area contributed by atoms with Crippen molar-refractivity contribution in [2.24, 2.45) is 0 Å². The molecular formula is C18H21N3O3. The molecule has 0 heterocycles. The zero-order chi connectivity index (χ0) is 17.5. The topological polar surface area (TPSA) is 70.7 Å². The minimum Gasteiger partial charge on any atom is -0.448 e. The highest BCUT2D eigenvalue weighted by Gasteiger charge is 2.21. The van der Waals surface area contributed by atoms with Gasteiger partial charge in [0.25, 0.3) is 0 Å². The van der Waals surface area contributed by atoms with Gasteiger partial charge in [0.2, 0.25) is 0 Å². The fourth-order valence-corrected chi connectivity index (χ4v) is 2.23. The van der Waals surface area contributed by atoms with Gasteiger partial charge in [0, 0.05) is 5.69 Å². The first-order valence-corrected chi connectivity index (χ1v) is 7.68. The summed E-state index contributed by atoms with van der Waals surface area (Å²) < 4.78 is 5.04. The molecule has 0 radical (unpaired) electrons. The van der Waals surface area contributed by atoms with Gasteiger partial charge in [0.1, 0.15) is 0 Å². The van der Waals surface area contributed by atoms with E-state index in [2.05, 4.69) is 10.7 Å². The second-order valence-electron chi connectivity index (χ2n) is 5.26. The highest BCUT2D eigenvalue weighted by Crippen LogP contribution is 2.20. The number of hydrazine groups is 1. The van der Waals surface area contributed by atoms with Gasteiger partial charge in [-0.15, -0.1) is 0 Å². The number of hydrogen-bond acceptors (Lipinski definition) is 3. The molecule has 2 rings (SSSR count). The molecule has 0 aromatic heterocycles. The van der Waals surface area contributed by atoms with Crippen molar-refractivity contribution >= 4 is 23.5 Å². The molecule has 0 fully saturated rings. The number of rotatable bonds is 3.